The van der Waals surface area contributed by atoms with Gasteiger partial charge in [0.2, 0.25) is 11.7 Å². The van der Waals surface area contributed by atoms with Crippen molar-refractivity contribution in [3.63, 3.8) is 0 Å². The molecule has 0 saturated heterocycles. The lowest BCUT2D eigenvalue weighted by molar-refractivity contribution is -0.117. The molecular formula is C22H18ClN5O3. The number of hydrogen-bond acceptors (Lipinski definition) is 6. The summed E-state index contributed by atoms with van der Waals surface area (Å²) >= 11 is 5.90. The molecule has 31 heavy (non-hydrogen) atoms. The maximum Gasteiger partial charge on any atom is 0.278 e. The Morgan fingerprint density at radius 1 is 1.10 bits per heavy atom. The Bertz CT molecular complexity index is 1310. The molecule has 0 aliphatic rings. The van der Waals surface area contributed by atoms with Crippen LogP contribution in [0.3, 0.4) is 0 Å². The summed E-state index contributed by atoms with van der Waals surface area (Å²) in [5.41, 5.74) is 3.30. The van der Waals surface area contributed by atoms with Crippen LogP contribution in [-0.4, -0.2) is 25.8 Å². The van der Waals surface area contributed by atoms with Crippen LogP contribution in [0.4, 0.5) is 5.69 Å². The van der Waals surface area contributed by atoms with Gasteiger partial charge in [-0.1, -0.05) is 34.5 Å². The number of hydrogen-bond donors (Lipinski definition) is 1. The Labute approximate surface area is 182 Å². The SMILES string of the molecule is Cc1ccc(NC(=O)Cn2nc(-c3nc(-c4ccc(Cl)cc4)no3)ccc2=O)c(C)c1. The van der Waals surface area contributed by atoms with E-state index in [4.69, 9.17) is 16.1 Å². The molecule has 4 rings (SSSR count). The van der Waals surface area contributed by atoms with Crippen molar-refractivity contribution in [1.29, 1.82) is 0 Å². The Kier molecular flexibility index (Phi) is 5.64. The van der Waals surface area contributed by atoms with Crippen LogP contribution in [0.15, 0.2) is 63.9 Å². The highest BCUT2D eigenvalue weighted by Crippen LogP contribution is 2.22. The third-order valence-corrected chi connectivity index (χ3v) is 4.82. The first kappa shape index (κ1) is 20.5. The minimum absolute atomic E-state index is 0.133. The molecule has 0 aliphatic heterocycles. The fourth-order valence-corrected chi connectivity index (χ4v) is 3.13. The molecular weight excluding hydrogens is 418 g/mol. The van der Waals surface area contributed by atoms with Crippen molar-refractivity contribution < 1.29 is 9.32 Å². The number of rotatable bonds is 5. The Morgan fingerprint density at radius 3 is 2.61 bits per heavy atom. The lowest BCUT2D eigenvalue weighted by Gasteiger charge is -2.10. The summed E-state index contributed by atoms with van der Waals surface area (Å²) in [5.74, 6) is 0.123. The van der Waals surface area contributed by atoms with Crippen molar-refractivity contribution in [2.24, 2.45) is 0 Å². The van der Waals surface area contributed by atoms with Crippen LogP contribution >= 0.6 is 11.6 Å². The van der Waals surface area contributed by atoms with E-state index >= 15 is 0 Å². The second kappa shape index (κ2) is 8.53. The first-order chi connectivity index (χ1) is 14.9. The van der Waals surface area contributed by atoms with Crippen molar-refractivity contribution in [2.75, 3.05) is 5.32 Å². The molecule has 0 saturated carbocycles. The van der Waals surface area contributed by atoms with E-state index in [1.807, 2.05) is 32.0 Å². The van der Waals surface area contributed by atoms with Crippen molar-refractivity contribution in [3.8, 4) is 23.0 Å². The number of halogens is 1. The second-order valence-corrected chi connectivity index (χ2v) is 7.45. The largest absolute Gasteiger partial charge is 0.332 e. The van der Waals surface area contributed by atoms with Crippen molar-refractivity contribution in [3.05, 3.63) is 81.1 Å². The molecule has 0 fully saturated rings. The smallest absolute Gasteiger partial charge is 0.278 e. The summed E-state index contributed by atoms with van der Waals surface area (Å²) in [6.45, 7) is 3.63. The van der Waals surface area contributed by atoms with E-state index < -0.39 is 5.56 Å². The van der Waals surface area contributed by atoms with Gasteiger partial charge in [-0.15, -0.1) is 0 Å². The molecule has 1 amide bonds. The molecule has 0 radical (unpaired) electrons. The van der Waals surface area contributed by atoms with Gasteiger partial charge < -0.3 is 9.84 Å². The Hall–Kier alpha value is -3.78. The molecule has 2 heterocycles. The van der Waals surface area contributed by atoms with E-state index in [1.54, 1.807) is 24.3 Å². The van der Waals surface area contributed by atoms with E-state index in [-0.39, 0.29) is 24.0 Å². The number of benzene rings is 2. The molecule has 2 aromatic heterocycles. The topological polar surface area (TPSA) is 103 Å². The highest BCUT2D eigenvalue weighted by Gasteiger charge is 2.15. The molecule has 4 aromatic rings. The fraction of sp³-hybridized carbons (Fsp3) is 0.136. The molecule has 0 aliphatic carbocycles. The minimum Gasteiger partial charge on any atom is -0.332 e. The van der Waals surface area contributed by atoms with Crippen LogP contribution in [0, 0.1) is 13.8 Å². The number of anilines is 1. The fourth-order valence-electron chi connectivity index (χ4n) is 3.00. The number of amides is 1. The van der Waals surface area contributed by atoms with Crippen LogP contribution in [-0.2, 0) is 11.3 Å². The Balaban J connectivity index is 1.54. The molecule has 0 atom stereocenters. The number of carbonyl (C=O) groups excluding carboxylic acids is 1. The van der Waals surface area contributed by atoms with Crippen LogP contribution in [0.5, 0.6) is 0 Å². The lowest BCUT2D eigenvalue weighted by Crippen LogP contribution is -2.29. The van der Waals surface area contributed by atoms with Gasteiger partial charge >= 0.3 is 0 Å². The first-order valence-corrected chi connectivity index (χ1v) is 9.82. The van der Waals surface area contributed by atoms with E-state index in [9.17, 15) is 9.59 Å². The van der Waals surface area contributed by atoms with Gasteiger partial charge in [-0.3, -0.25) is 9.59 Å². The molecule has 2 aromatic carbocycles. The molecule has 8 nitrogen and oxygen atoms in total. The predicted molar refractivity (Wildman–Crippen MR) is 117 cm³/mol. The van der Waals surface area contributed by atoms with E-state index in [1.165, 1.54) is 12.1 Å². The van der Waals surface area contributed by atoms with Crippen LogP contribution < -0.4 is 10.9 Å². The highest BCUT2D eigenvalue weighted by molar-refractivity contribution is 6.30. The van der Waals surface area contributed by atoms with Gasteiger partial charge in [-0.25, -0.2) is 4.68 Å². The zero-order valence-electron chi connectivity index (χ0n) is 16.8. The third-order valence-electron chi connectivity index (χ3n) is 4.56. The quantitative estimate of drug-likeness (QED) is 0.510. The normalized spacial score (nSPS) is 10.8. The molecule has 0 spiro atoms. The molecule has 0 unspecified atom stereocenters. The zero-order chi connectivity index (χ0) is 22.0. The summed E-state index contributed by atoms with van der Waals surface area (Å²) in [6.07, 6.45) is 0. The van der Waals surface area contributed by atoms with Gasteiger partial charge in [0.15, 0.2) is 0 Å². The zero-order valence-corrected chi connectivity index (χ0v) is 17.6. The summed E-state index contributed by atoms with van der Waals surface area (Å²) in [4.78, 5) is 29.0. The van der Waals surface area contributed by atoms with E-state index in [0.717, 1.165) is 21.4 Å². The molecule has 156 valence electrons. The third kappa shape index (κ3) is 4.70. The van der Waals surface area contributed by atoms with Crippen molar-refractivity contribution >= 4 is 23.2 Å². The van der Waals surface area contributed by atoms with Crippen LogP contribution in [0.2, 0.25) is 5.02 Å². The summed E-state index contributed by atoms with van der Waals surface area (Å²) in [5, 5.41) is 11.5. The number of aromatic nitrogens is 4. The minimum atomic E-state index is -0.419. The maximum absolute atomic E-state index is 12.5. The lowest BCUT2D eigenvalue weighted by atomic mass is 10.1. The summed E-state index contributed by atoms with van der Waals surface area (Å²) in [7, 11) is 0. The van der Waals surface area contributed by atoms with Crippen molar-refractivity contribution in [1.82, 2.24) is 19.9 Å². The molecule has 1 N–H and O–H groups in total. The van der Waals surface area contributed by atoms with Gasteiger partial charge in [0.1, 0.15) is 12.2 Å². The number of nitrogens with zero attached hydrogens (tertiary/aromatic N) is 4. The van der Waals surface area contributed by atoms with Crippen LogP contribution in [0.1, 0.15) is 11.1 Å². The van der Waals surface area contributed by atoms with Gasteiger partial charge in [-0.05, 0) is 55.8 Å². The van der Waals surface area contributed by atoms with E-state index in [0.29, 0.717) is 16.5 Å². The number of aryl methyl sites for hydroxylation is 2. The first-order valence-electron chi connectivity index (χ1n) is 9.44. The number of carbonyl (C=O) groups is 1. The monoisotopic (exact) mass is 435 g/mol. The number of nitrogens with one attached hydrogen (secondary N) is 1. The average molecular weight is 436 g/mol. The van der Waals surface area contributed by atoms with Crippen LogP contribution in [0.25, 0.3) is 23.0 Å². The van der Waals surface area contributed by atoms with Crippen molar-refractivity contribution in [2.45, 2.75) is 20.4 Å². The average Bonchev–Trinajstić information content (AvgIpc) is 3.22. The standard InChI is InChI=1S/C22H18ClN5O3/c1-13-3-8-17(14(2)11-13)24-19(29)12-28-20(30)10-9-18(26-28)22-25-21(27-31-22)15-4-6-16(23)7-5-15/h3-11H,12H2,1-2H3,(H,24,29). The highest BCUT2D eigenvalue weighted by atomic mass is 35.5. The predicted octanol–water partition coefficient (Wildman–Crippen LogP) is 3.87. The second-order valence-electron chi connectivity index (χ2n) is 7.01. The van der Waals surface area contributed by atoms with E-state index in [2.05, 4.69) is 20.6 Å². The summed E-state index contributed by atoms with van der Waals surface area (Å²) in [6, 6.07) is 15.5. The molecule has 0 bridgehead atoms. The van der Waals surface area contributed by atoms with Gasteiger partial charge in [0, 0.05) is 22.3 Å². The van der Waals surface area contributed by atoms with Gasteiger partial charge in [0.05, 0.1) is 0 Å². The summed E-state index contributed by atoms with van der Waals surface area (Å²) < 4.78 is 6.34. The molecule has 9 heteroatoms. The maximum atomic E-state index is 12.5. The van der Waals surface area contributed by atoms with Gasteiger partial charge in [0.25, 0.3) is 11.4 Å². The van der Waals surface area contributed by atoms with Gasteiger partial charge in [-0.2, -0.15) is 10.1 Å². The Morgan fingerprint density at radius 2 is 1.87 bits per heavy atom.